The first-order valence-electron chi connectivity index (χ1n) is 8.06. The molecule has 4 aromatic rings. The number of nitrogens with one attached hydrogen (secondary N) is 1. The van der Waals surface area contributed by atoms with Gasteiger partial charge < -0.3 is 10.1 Å². The lowest BCUT2D eigenvalue weighted by molar-refractivity contribution is 0.0690. The van der Waals surface area contributed by atoms with E-state index in [1.807, 2.05) is 22.6 Å². The second-order valence-electron chi connectivity index (χ2n) is 5.91. The van der Waals surface area contributed by atoms with Gasteiger partial charge in [-0.15, -0.1) is 0 Å². The van der Waals surface area contributed by atoms with E-state index in [9.17, 15) is 18.3 Å². The molecule has 0 spiro atoms. The van der Waals surface area contributed by atoms with Crippen molar-refractivity contribution >= 4 is 49.4 Å². The average molecular weight is 505 g/mol. The fourth-order valence-corrected chi connectivity index (χ4v) is 5.12. The van der Waals surface area contributed by atoms with Gasteiger partial charge in [0, 0.05) is 17.1 Å². The van der Waals surface area contributed by atoms with Crippen LogP contribution in [0.4, 0.5) is 0 Å². The molecule has 0 amide bonds. The number of H-pyrrole nitrogens is 1. The fourth-order valence-electron chi connectivity index (χ4n) is 2.91. The van der Waals surface area contributed by atoms with Crippen LogP contribution in [0, 0.1) is 3.70 Å². The van der Waals surface area contributed by atoms with Gasteiger partial charge in [0.15, 0.2) is 0 Å². The Morgan fingerprint density at radius 3 is 2.54 bits per heavy atom. The van der Waals surface area contributed by atoms with Gasteiger partial charge in [-0.3, -0.25) is 0 Å². The van der Waals surface area contributed by atoms with Gasteiger partial charge >= 0.3 is 5.97 Å². The molecule has 1 aromatic carbocycles. The van der Waals surface area contributed by atoms with Crippen molar-refractivity contribution in [2.75, 3.05) is 0 Å². The summed E-state index contributed by atoms with van der Waals surface area (Å²) in [6.07, 6.45) is 1.40. The molecular weight excluding hydrogens is 493 g/mol. The average Bonchev–Trinajstić information content (AvgIpc) is 3.07. The van der Waals surface area contributed by atoms with Crippen LogP contribution < -0.4 is 0 Å². The van der Waals surface area contributed by atoms with E-state index in [1.54, 1.807) is 30.3 Å². The minimum atomic E-state index is -3.91. The summed E-state index contributed by atoms with van der Waals surface area (Å²) in [6, 6.07) is 14.2. The molecule has 0 saturated carbocycles. The third kappa shape index (κ3) is 3.16. The number of sulfone groups is 1. The number of hydrogen-bond donors (Lipinski definition) is 2. The number of carbonyl (C=O) groups is 1. The number of rotatable bonds is 4. The summed E-state index contributed by atoms with van der Waals surface area (Å²) in [5.74, 6) is -1.19. The zero-order chi connectivity index (χ0) is 19.9. The van der Waals surface area contributed by atoms with Crippen LogP contribution >= 0.6 is 22.6 Å². The maximum absolute atomic E-state index is 13.5. The van der Waals surface area contributed by atoms with Crippen LogP contribution in [-0.4, -0.2) is 34.4 Å². The first-order valence-corrected chi connectivity index (χ1v) is 10.6. The van der Waals surface area contributed by atoms with Crippen LogP contribution in [0.5, 0.6) is 0 Å². The third-order valence-electron chi connectivity index (χ3n) is 4.14. The van der Waals surface area contributed by atoms with E-state index < -0.39 is 15.8 Å². The topological polar surface area (TPSA) is 113 Å². The largest absolute Gasteiger partial charge is 0.477 e. The van der Waals surface area contributed by atoms with Gasteiger partial charge in [-0.05, 0) is 52.9 Å². The Balaban J connectivity index is 2.08. The van der Waals surface area contributed by atoms with Crippen molar-refractivity contribution in [3.05, 3.63) is 70.2 Å². The van der Waals surface area contributed by atoms with Crippen molar-refractivity contribution in [2.45, 2.75) is 9.79 Å². The molecule has 4 rings (SSSR count). The van der Waals surface area contributed by atoms with Gasteiger partial charge in [0.2, 0.25) is 9.84 Å². The first kappa shape index (κ1) is 18.6. The number of fused-ring (bicyclic) bond motifs is 1. The zero-order valence-corrected chi connectivity index (χ0v) is 17.1. The van der Waals surface area contributed by atoms with Crippen molar-refractivity contribution < 1.29 is 18.3 Å². The van der Waals surface area contributed by atoms with Gasteiger partial charge in [0.25, 0.3) is 0 Å². The Labute approximate surface area is 173 Å². The van der Waals surface area contributed by atoms with Crippen molar-refractivity contribution in [3.8, 4) is 11.3 Å². The third-order valence-corrected chi connectivity index (χ3v) is 6.59. The van der Waals surface area contributed by atoms with Gasteiger partial charge in [-0.2, -0.15) is 0 Å². The smallest absolute Gasteiger partial charge is 0.354 e. The minimum absolute atomic E-state index is 0.0397. The molecule has 3 heterocycles. The number of halogens is 1. The molecule has 0 fully saturated rings. The Morgan fingerprint density at radius 1 is 1.07 bits per heavy atom. The van der Waals surface area contributed by atoms with E-state index in [4.69, 9.17) is 0 Å². The van der Waals surface area contributed by atoms with Gasteiger partial charge in [0.05, 0.1) is 19.2 Å². The Bertz CT molecular complexity index is 1320. The number of carboxylic acids is 1. The molecule has 140 valence electrons. The van der Waals surface area contributed by atoms with Crippen LogP contribution in [0.2, 0.25) is 0 Å². The van der Waals surface area contributed by atoms with Crippen molar-refractivity contribution in [3.63, 3.8) is 0 Å². The molecule has 0 unspecified atom stereocenters. The Hall–Kier alpha value is -2.79. The summed E-state index contributed by atoms with van der Waals surface area (Å²) < 4.78 is 27.7. The van der Waals surface area contributed by atoms with E-state index in [0.717, 1.165) is 3.70 Å². The van der Waals surface area contributed by atoms with Gasteiger partial charge in [-0.1, -0.05) is 24.3 Å². The molecule has 0 bridgehead atoms. The summed E-state index contributed by atoms with van der Waals surface area (Å²) in [5, 5.41) is 9.66. The molecule has 0 radical (unpaired) electrons. The number of aromatic carboxylic acids is 1. The van der Waals surface area contributed by atoms with E-state index >= 15 is 0 Å². The van der Waals surface area contributed by atoms with Crippen molar-refractivity contribution in [2.24, 2.45) is 0 Å². The standard InChI is InChI=1S/C19H12IN3O4S/c20-16-9-12-17(28(26,27)11-5-2-1-3-6-11)13(10-21-18(12)23-16)14-7-4-8-15(22-14)19(24)25/h1-10H,(H,21,23)(H,24,25). The molecule has 0 aliphatic rings. The maximum Gasteiger partial charge on any atom is 0.354 e. The molecular formula is C19H12IN3O4S. The normalized spacial score (nSPS) is 11.6. The molecule has 7 nitrogen and oxygen atoms in total. The number of hydrogen-bond acceptors (Lipinski definition) is 5. The van der Waals surface area contributed by atoms with E-state index in [2.05, 4.69) is 15.0 Å². The predicted molar refractivity (Wildman–Crippen MR) is 111 cm³/mol. The Kier molecular flexibility index (Phi) is 4.63. The summed E-state index contributed by atoms with van der Waals surface area (Å²) in [4.78, 5) is 22.9. The molecule has 0 aliphatic heterocycles. The first-order chi connectivity index (χ1) is 13.4. The molecule has 28 heavy (non-hydrogen) atoms. The van der Waals surface area contributed by atoms with Crippen LogP contribution in [0.3, 0.4) is 0 Å². The number of pyridine rings is 2. The lowest BCUT2D eigenvalue weighted by Crippen LogP contribution is -2.07. The number of benzene rings is 1. The van der Waals surface area contributed by atoms with Crippen LogP contribution in [0.25, 0.3) is 22.3 Å². The zero-order valence-electron chi connectivity index (χ0n) is 14.1. The molecule has 0 atom stereocenters. The summed E-state index contributed by atoms with van der Waals surface area (Å²) in [6.45, 7) is 0. The molecule has 0 saturated heterocycles. The molecule has 0 aliphatic carbocycles. The Morgan fingerprint density at radius 2 is 1.82 bits per heavy atom. The van der Waals surface area contributed by atoms with Gasteiger partial charge in [-0.25, -0.2) is 23.2 Å². The van der Waals surface area contributed by atoms with E-state index in [1.165, 1.54) is 30.5 Å². The number of carboxylic acid groups (broad SMARTS) is 1. The summed E-state index contributed by atoms with van der Waals surface area (Å²) >= 11 is 2.05. The second-order valence-corrected chi connectivity index (χ2v) is 8.96. The highest BCUT2D eigenvalue weighted by Gasteiger charge is 2.27. The quantitative estimate of drug-likeness (QED) is 0.409. The number of aromatic nitrogens is 3. The minimum Gasteiger partial charge on any atom is -0.477 e. The second kappa shape index (κ2) is 6.99. The highest BCUT2D eigenvalue weighted by molar-refractivity contribution is 14.1. The van der Waals surface area contributed by atoms with Crippen LogP contribution in [-0.2, 0) is 9.84 Å². The number of nitrogens with zero attached hydrogens (tertiary/aromatic N) is 2. The van der Waals surface area contributed by atoms with E-state index in [-0.39, 0.29) is 26.7 Å². The molecule has 3 aromatic heterocycles. The number of aromatic amines is 1. The molecule has 9 heteroatoms. The molecule has 2 N–H and O–H groups in total. The van der Waals surface area contributed by atoms with Gasteiger partial charge in [0.1, 0.15) is 11.3 Å². The SMILES string of the molecule is O=C(O)c1cccc(-c2cnc3[nH]c(I)cc3c2S(=O)(=O)c2ccccc2)n1. The predicted octanol–water partition coefficient (Wildman–Crippen LogP) is 3.76. The highest BCUT2D eigenvalue weighted by Crippen LogP contribution is 2.36. The summed E-state index contributed by atoms with van der Waals surface area (Å²) in [7, 11) is -3.91. The monoisotopic (exact) mass is 505 g/mol. The summed E-state index contributed by atoms with van der Waals surface area (Å²) in [5.41, 5.74) is 0.719. The van der Waals surface area contributed by atoms with Crippen LogP contribution in [0.1, 0.15) is 10.5 Å². The van der Waals surface area contributed by atoms with E-state index in [0.29, 0.717) is 11.0 Å². The fraction of sp³-hybridized carbons (Fsp3) is 0. The highest BCUT2D eigenvalue weighted by atomic mass is 127. The van der Waals surface area contributed by atoms with Crippen LogP contribution in [0.15, 0.2) is 70.6 Å². The lowest BCUT2D eigenvalue weighted by Gasteiger charge is -2.12. The lowest BCUT2D eigenvalue weighted by atomic mass is 10.1. The van der Waals surface area contributed by atoms with Crippen molar-refractivity contribution in [1.82, 2.24) is 15.0 Å². The maximum atomic E-state index is 13.5. The van der Waals surface area contributed by atoms with Crippen molar-refractivity contribution in [1.29, 1.82) is 0 Å².